The van der Waals surface area contributed by atoms with Crippen LogP contribution in [0, 0.1) is 6.92 Å². The van der Waals surface area contributed by atoms with E-state index in [0.29, 0.717) is 17.3 Å². The van der Waals surface area contributed by atoms with Gasteiger partial charge < -0.3 is 9.47 Å². The van der Waals surface area contributed by atoms with Crippen LogP contribution in [0.1, 0.15) is 58.7 Å². The molecule has 26 heavy (non-hydrogen) atoms. The number of hydrogen-bond donors (Lipinski definition) is 0. The summed E-state index contributed by atoms with van der Waals surface area (Å²) in [5, 5.41) is 0. The van der Waals surface area contributed by atoms with Crippen LogP contribution in [0.15, 0.2) is 35.1 Å². The Morgan fingerprint density at radius 1 is 1.08 bits per heavy atom. The Balaban J connectivity index is 2.74. The van der Waals surface area contributed by atoms with Crippen LogP contribution in [0.5, 0.6) is 0 Å². The molecule has 0 saturated heterocycles. The molecule has 6 nitrogen and oxygen atoms in total. The zero-order valence-corrected chi connectivity index (χ0v) is 15.7. The lowest BCUT2D eigenvalue weighted by atomic mass is 10.0. The molecule has 0 unspecified atom stereocenters. The van der Waals surface area contributed by atoms with E-state index in [-0.39, 0.29) is 17.7 Å². The zero-order chi connectivity index (χ0) is 19.4. The van der Waals surface area contributed by atoms with Crippen molar-refractivity contribution in [2.75, 3.05) is 13.7 Å². The normalized spacial score (nSPS) is 10.7. The highest BCUT2D eigenvalue weighted by molar-refractivity contribution is 5.95. The minimum absolute atomic E-state index is 0.128. The molecule has 2 aromatic rings. The molecule has 0 bridgehead atoms. The lowest BCUT2D eigenvalue weighted by Gasteiger charge is -2.16. The molecule has 0 spiro atoms. The molecule has 2 rings (SSSR count). The van der Waals surface area contributed by atoms with Gasteiger partial charge in [0.2, 0.25) is 0 Å². The monoisotopic (exact) mass is 357 g/mol. The highest BCUT2D eigenvalue weighted by Gasteiger charge is 2.23. The SMILES string of the molecule is CCOC(=O)c1cc(C(=O)OC)c(C)n(-c2ccc(C(C)C)cc2)c1=O. The van der Waals surface area contributed by atoms with E-state index in [9.17, 15) is 14.4 Å². The van der Waals surface area contributed by atoms with Crippen LogP contribution < -0.4 is 5.56 Å². The minimum atomic E-state index is -0.768. The third-order valence-corrected chi connectivity index (χ3v) is 4.17. The quantitative estimate of drug-likeness (QED) is 0.768. The lowest BCUT2D eigenvalue weighted by molar-refractivity contribution is 0.0523. The summed E-state index contributed by atoms with van der Waals surface area (Å²) in [6, 6.07) is 8.65. The maximum absolute atomic E-state index is 12.9. The van der Waals surface area contributed by atoms with Gasteiger partial charge in [0.1, 0.15) is 5.56 Å². The molecule has 6 heteroatoms. The average molecular weight is 357 g/mol. The van der Waals surface area contributed by atoms with E-state index in [1.165, 1.54) is 17.7 Å². The van der Waals surface area contributed by atoms with Crippen LogP contribution in [0.4, 0.5) is 0 Å². The van der Waals surface area contributed by atoms with Gasteiger partial charge in [-0.1, -0.05) is 26.0 Å². The Kier molecular flexibility index (Phi) is 5.97. The van der Waals surface area contributed by atoms with Gasteiger partial charge in [-0.2, -0.15) is 0 Å². The molecular weight excluding hydrogens is 334 g/mol. The summed E-state index contributed by atoms with van der Waals surface area (Å²) in [5.41, 5.74) is 1.48. The first-order chi connectivity index (χ1) is 12.3. The van der Waals surface area contributed by atoms with Gasteiger partial charge >= 0.3 is 11.9 Å². The molecule has 0 atom stereocenters. The van der Waals surface area contributed by atoms with E-state index in [4.69, 9.17) is 9.47 Å². The smallest absolute Gasteiger partial charge is 0.343 e. The van der Waals surface area contributed by atoms with Gasteiger partial charge in [-0.15, -0.1) is 0 Å². The third kappa shape index (κ3) is 3.69. The van der Waals surface area contributed by atoms with Crippen LogP contribution in [-0.2, 0) is 9.47 Å². The highest BCUT2D eigenvalue weighted by atomic mass is 16.5. The van der Waals surface area contributed by atoms with E-state index in [2.05, 4.69) is 13.8 Å². The van der Waals surface area contributed by atoms with Crippen molar-refractivity contribution in [3.05, 3.63) is 63.1 Å². The second kappa shape index (κ2) is 7.99. The summed E-state index contributed by atoms with van der Waals surface area (Å²) in [6.45, 7) is 7.56. The first-order valence-electron chi connectivity index (χ1n) is 8.44. The van der Waals surface area contributed by atoms with Crippen LogP contribution in [-0.4, -0.2) is 30.2 Å². The number of ether oxygens (including phenoxy) is 2. The summed E-state index contributed by atoms with van der Waals surface area (Å²) >= 11 is 0. The van der Waals surface area contributed by atoms with E-state index in [1.54, 1.807) is 26.0 Å². The molecule has 0 saturated carbocycles. The molecule has 0 aliphatic rings. The predicted octanol–water partition coefficient (Wildman–Crippen LogP) is 3.23. The topological polar surface area (TPSA) is 74.6 Å². The van der Waals surface area contributed by atoms with Gasteiger partial charge in [-0.3, -0.25) is 9.36 Å². The fraction of sp³-hybridized carbons (Fsp3) is 0.350. The van der Waals surface area contributed by atoms with Crippen molar-refractivity contribution in [2.45, 2.75) is 33.6 Å². The molecular formula is C20H23NO5. The number of rotatable bonds is 5. The van der Waals surface area contributed by atoms with Gasteiger partial charge in [0, 0.05) is 11.4 Å². The van der Waals surface area contributed by atoms with Gasteiger partial charge in [-0.25, -0.2) is 9.59 Å². The van der Waals surface area contributed by atoms with Gasteiger partial charge in [0.05, 0.1) is 19.3 Å². The number of carbonyl (C=O) groups is 2. The van der Waals surface area contributed by atoms with E-state index in [1.807, 2.05) is 12.1 Å². The first-order valence-corrected chi connectivity index (χ1v) is 8.44. The molecule has 0 radical (unpaired) electrons. The van der Waals surface area contributed by atoms with Gasteiger partial charge in [-0.05, 0) is 43.5 Å². The van der Waals surface area contributed by atoms with E-state index < -0.39 is 17.5 Å². The maximum Gasteiger partial charge on any atom is 0.343 e. The van der Waals surface area contributed by atoms with Crippen molar-refractivity contribution < 1.29 is 19.1 Å². The molecule has 1 aromatic heterocycles. The van der Waals surface area contributed by atoms with Crippen LogP contribution in [0.2, 0.25) is 0 Å². The standard InChI is InChI=1S/C20H23NO5/c1-6-26-20(24)17-11-16(19(23)25-5)13(4)21(18(17)22)15-9-7-14(8-10-15)12(2)3/h7-12H,6H2,1-5H3. The largest absolute Gasteiger partial charge is 0.465 e. The van der Waals surface area contributed by atoms with Crippen LogP contribution in [0.3, 0.4) is 0 Å². The van der Waals surface area contributed by atoms with Crippen molar-refractivity contribution >= 4 is 11.9 Å². The second-order valence-electron chi connectivity index (χ2n) is 6.16. The van der Waals surface area contributed by atoms with Gasteiger partial charge in [0.25, 0.3) is 5.56 Å². The Hall–Kier alpha value is -2.89. The molecule has 1 aromatic carbocycles. The Morgan fingerprint density at radius 3 is 2.19 bits per heavy atom. The second-order valence-corrected chi connectivity index (χ2v) is 6.16. The van der Waals surface area contributed by atoms with Crippen molar-refractivity contribution in [3.63, 3.8) is 0 Å². The van der Waals surface area contributed by atoms with Gasteiger partial charge in [0.15, 0.2) is 0 Å². The number of hydrogen-bond acceptors (Lipinski definition) is 5. The highest BCUT2D eigenvalue weighted by Crippen LogP contribution is 2.19. The number of methoxy groups -OCH3 is 1. The lowest BCUT2D eigenvalue weighted by Crippen LogP contribution is -2.30. The number of benzene rings is 1. The van der Waals surface area contributed by atoms with Crippen molar-refractivity contribution in [1.29, 1.82) is 0 Å². The van der Waals surface area contributed by atoms with Crippen LogP contribution >= 0.6 is 0 Å². The summed E-state index contributed by atoms with van der Waals surface area (Å²) in [4.78, 5) is 37.2. The number of esters is 2. The molecule has 138 valence electrons. The summed E-state index contributed by atoms with van der Waals surface area (Å²) in [6.07, 6.45) is 0. The molecule has 1 heterocycles. The Labute approximate surface area is 152 Å². The van der Waals surface area contributed by atoms with E-state index >= 15 is 0 Å². The van der Waals surface area contributed by atoms with E-state index in [0.717, 1.165) is 5.56 Å². The summed E-state index contributed by atoms with van der Waals surface area (Å²) in [7, 11) is 1.25. The maximum atomic E-state index is 12.9. The van der Waals surface area contributed by atoms with Crippen molar-refractivity contribution in [2.24, 2.45) is 0 Å². The first kappa shape index (κ1) is 19.4. The molecule has 0 amide bonds. The molecule has 0 aliphatic carbocycles. The summed E-state index contributed by atoms with van der Waals surface area (Å²) < 4.78 is 11.1. The number of nitrogens with zero attached hydrogens (tertiary/aromatic N) is 1. The third-order valence-electron chi connectivity index (χ3n) is 4.17. The average Bonchev–Trinajstić information content (AvgIpc) is 2.62. The summed E-state index contributed by atoms with van der Waals surface area (Å²) in [5.74, 6) is -1.05. The fourth-order valence-corrected chi connectivity index (χ4v) is 2.69. The number of pyridine rings is 1. The minimum Gasteiger partial charge on any atom is -0.465 e. The van der Waals surface area contributed by atoms with Crippen LogP contribution in [0.25, 0.3) is 5.69 Å². The molecule has 0 fully saturated rings. The fourth-order valence-electron chi connectivity index (χ4n) is 2.69. The van der Waals surface area contributed by atoms with Crippen molar-refractivity contribution in [3.8, 4) is 5.69 Å². The molecule has 0 N–H and O–H groups in total. The van der Waals surface area contributed by atoms with Crippen molar-refractivity contribution in [1.82, 2.24) is 4.57 Å². The Bertz CT molecular complexity index is 878. The Morgan fingerprint density at radius 2 is 1.69 bits per heavy atom. The number of carbonyl (C=O) groups excluding carboxylic acids is 2. The predicted molar refractivity (Wildman–Crippen MR) is 98.2 cm³/mol. The molecule has 0 aliphatic heterocycles. The zero-order valence-electron chi connectivity index (χ0n) is 15.7. The number of aromatic nitrogens is 1.